The summed E-state index contributed by atoms with van der Waals surface area (Å²) in [5.74, 6) is 1.13. The normalized spacial score (nSPS) is 21.0. The number of aromatic nitrogens is 1. The Morgan fingerprint density at radius 2 is 2.22 bits per heavy atom. The zero-order valence-corrected chi connectivity index (χ0v) is 17.2. The topological polar surface area (TPSA) is 72.8 Å². The first-order valence-electron chi connectivity index (χ1n) is 7.92. The summed E-state index contributed by atoms with van der Waals surface area (Å²) in [5, 5.41) is 19.5. The molecule has 1 saturated carbocycles. The number of rotatable bonds is 6. The molecule has 1 aromatic heterocycles. The van der Waals surface area contributed by atoms with Gasteiger partial charge in [-0.05, 0) is 19.8 Å². The van der Waals surface area contributed by atoms with Crippen molar-refractivity contribution in [3.8, 4) is 0 Å². The number of hydrogen-bond acceptors (Lipinski definition) is 5. The highest BCUT2D eigenvalue weighted by Crippen LogP contribution is 2.24. The molecule has 0 aromatic carbocycles. The third kappa shape index (κ3) is 6.42. The number of aliphatic hydroxyl groups excluding tert-OH is 1. The van der Waals surface area contributed by atoms with Crippen molar-refractivity contribution >= 4 is 46.4 Å². The van der Waals surface area contributed by atoms with Gasteiger partial charge in [0, 0.05) is 38.5 Å². The number of aliphatic hydroxyl groups is 1. The molecule has 1 aromatic rings. The van der Waals surface area contributed by atoms with E-state index in [1.807, 2.05) is 24.4 Å². The Labute approximate surface area is 159 Å². The molecule has 2 rings (SSSR count). The summed E-state index contributed by atoms with van der Waals surface area (Å²) in [6.07, 6.45) is 2.96. The van der Waals surface area contributed by atoms with Crippen LogP contribution < -0.4 is 15.5 Å². The molecule has 6 nitrogen and oxygen atoms in total. The SMILES string of the molecule is CCNC(=NCc1csc(N(C)C)n1)NCC1CCCC1O.I. The van der Waals surface area contributed by atoms with Crippen molar-refractivity contribution < 1.29 is 5.11 Å². The average molecular weight is 453 g/mol. The van der Waals surface area contributed by atoms with Gasteiger partial charge in [-0.2, -0.15) is 0 Å². The number of hydrogen-bond donors (Lipinski definition) is 3. The van der Waals surface area contributed by atoms with Crippen LogP contribution in [-0.2, 0) is 6.54 Å². The van der Waals surface area contributed by atoms with Crippen molar-refractivity contribution in [3.63, 3.8) is 0 Å². The van der Waals surface area contributed by atoms with Crippen molar-refractivity contribution in [3.05, 3.63) is 11.1 Å². The number of aliphatic imine (C=N–C) groups is 1. The zero-order chi connectivity index (χ0) is 15.9. The molecule has 0 saturated heterocycles. The minimum Gasteiger partial charge on any atom is -0.393 e. The van der Waals surface area contributed by atoms with Crippen LogP contribution in [0.5, 0.6) is 0 Å². The van der Waals surface area contributed by atoms with Crippen molar-refractivity contribution in [2.45, 2.75) is 38.8 Å². The minimum atomic E-state index is -0.170. The number of nitrogens with one attached hydrogen (secondary N) is 2. The van der Waals surface area contributed by atoms with Crippen LogP contribution in [0, 0.1) is 5.92 Å². The number of thiazole rings is 1. The van der Waals surface area contributed by atoms with E-state index in [-0.39, 0.29) is 30.1 Å². The Bertz CT molecular complexity index is 494. The maximum absolute atomic E-state index is 9.88. The Morgan fingerprint density at radius 1 is 1.43 bits per heavy atom. The van der Waals surface area contributed by atoms with Gasteiger partial charge >= 0.3 is 0 Å². The smallest absolute Gasteiger partial charge is 0.191 e. The molecule has 132 valence electrons. The van der Waals surface area contributed by atoms with Gasteiger partial charge in [0.05, 0.1) is 18.3 Å². The van der Waals surface area contributed by atoms with Crippen molar-refractivity contribution in [2.24, 2.45) is 10.9 Å². The van der Waals surface area contributed by atoms with Gasteiger partial charge in [-0.3, -0.25) is 0 Å². The minimum absolute atomic E-state index is 0. The summed E-state index contributed by atoms with van der Waals surface area (Å²) < 4.78 is 0. The van der Waals surface area contributed by atoms with Crippen molar-refractivity contribution in [1.82, 2.24) is 15.6 Å². The molecule has 2 atom stereocenters. The predicted octanol–water partition coefficient (Wildman–Crippen LogP) is 2.04. The van der Waals surface area contributed by atoms with E-state index in [1.165, 1.54) is 0 Å². The second-order valence-electron chi connectivity index (χ2n) is 5.85. The van der Waals surface area contributed by atoms with Gasteiger partial charge in [0.1, 0.15) is 0 Å². The van der Waals surface area contributed by atoms with Crippen molar-refractivity contribution in [1.29, 1.82) is 0 Å². The second-order valence-corrected chi connectivity index (χ2v) is 6.69. The lowest BCUT2D eigenvalue weighted by molar-refractivity contribution is 0.134. The van der Waals surface area contributed by atoms with Gasteiger partial charge in [-0.25, -0.2) is 9.98 Å². The van der Waals surface area contributed by atoms with Gasteiger partial charge < -0.3 is 20.6 Å². The fraction of sp³-hybridized carbons (Fsp3) is 0.733. The fourth-order valence-corrected chi connectivity index (χ4v) is 3.31. The third-order valence-corrected chi connectivity index (χ3v) is 4.87. The highest BCUT2D eigenvalue weighted by Gasteiger charge is 2.24. The molecule has 1 aliphatic carbocycles. The molecule has 2 unspecified atom stereocenters. The molecule has 3 N–H and O–H groups in total. The Morgan fingerprint density at radius 3 is 2.78 bits per heavy atom. The maximum Gasteiger partial charge on any atom is 0.191 e. The lowest BCUT2D eigenvalue weighted by Gasteiger charge is -2.17. The summed E-state index contributed by atoms with van der Waals surface area (Å²) >= 11 is 1.63. The van der Waals surface area contributed by atoms with E-state index >= 15 is 0 Å². The van der Waals surface area contributed by atoms with Crippen LogP contribution in [0.4, 0.5) is 5.13 Å². The van der Waals surface area contributed by atoms with E-state index in [9.17, 15) is 5.11 Å². The zero-order valence-electron chi connectivity index (χ0n) is 14.1. The number of nitrogens with zero attached hydrogens (tertiary/aromatic N) is 3. The molecule has 0 amide bonds. The molecule has 0 bridgehead atoms. The Balaban J connectivity index is 0.00000264. The largest absolute Gasteiger partial charge is 0.393 e. The quantitative estimate of drug-likeness (QED) is 0.350. The number of anilines is 1. The Kier molecular flexibility index (Phi) is 9.15. The molecule has 23 heavy (non-hydrogen) atoms. The van der Waals surface area contributed by atoms with Crippen LogP contribution in [0.1, 0.15) is 31.9 Å². The second kappa shape index (κ2) is 10.3. The highest BCUT2D eigenvalue weighted by atomic mass is 127. The van der Waals surface area contributed by atoms with Gasteiger partial charge in [-0.1, -0.05) is 6.42 Å². The fourth-order valence-electron chi connectivity index (χ4n) is 2.56. The van der Waals surface area contributed by atoms with E-state index in [1.54, 1.807) is 11.3 Å². The summed E-state index contributed by atoms with van der Waals surface area (Å²) in [6, 6.07) is 0. The monoisotopic (exact) mass is 453 g/mol. The molecular formula is C15H28IN5OS. The molecule has 0 radical (unpaired) electrons. The lowest BCUT2D eigenvalue weighted by atomic mass is 10.1. The molecule has 1 heterocycles. The van der Waals surface area contributed by atoms with Crippen LogP contribution in [0.25, 0.3) is 0 Å². The molecule has 0 aliphatic heterocycles. The van der Waals surface area contributed by atoms with Crippen LogP contribution in [0.15, 0.2) is 10.4 Å². The molecule has 8 heteroatoms. The first-order valence-corrected chi connectivity index (χ1v) is 8.80. The maximum atomic E-state index is 9.88. The predicted molar refractivity (Wildman–Crippen MR) is 108 cm³/mol. The lowest BCUT2D eigenvalue weighted by Crippen LogP contribution is -2.41. The van der Waals surface area contributed by atoms with Gasteiger partial charge in [-0.15, -0.1) is 35.3 Å². The number of halogens is 1. The Hall–Kier alpha value is -0.610. The van der Waals surface area contributed by atoms with E-state index in [0.717, 1.165) is 49.1 Å². The molecule has 1 aliphatic rings. The summed E-state index contributed by atoms with van der Waals surface area (Å²) in [6.45, 7) is 4.20. The van der Waals surface area contributed by atoms with Crippen molar-refractivity contribution in [2.75, 3.05) is 32.1 Å². The van der Waals surface area contributed by atoms with E-state index in [0.29, 0.717) is 12.5 Å². The van der Waals surface area contributed by atoms with Crippen LogP contribution in [-0.4, -0.2) is 49.3 Å². The van der Waals surface area contributed by atoms with Gasteiger partial charge in [0.2, 0.25) is 0 Å². The van der Waals surface area contributed by atoms with E-state index < -0.39 is 0 Å². The van der Waals surface area contributed by atoms with Crippen LogP contribution in [0.2, 0.25) is 0 Å². The molecule has 1 fully saturated rings. The first kappa shape index (κ1) is 20.4. The van der Waals surface area contributed by atoms with E-state index in [4.69, 9.17) is 0 Å². The highest BCUT2D eigenvalue weighted by molar-refractivity contribution is 14.0. The summed E-state index contributed by atoms with van der Waals surface area (Å²) in [5.41, 5.74) is 0.979. The van der Waals surface area contributed by atoms with Crippen LogP contribution >= 0.6 is 35.3 Å². The standard InChI is InChI=1S/C15H27N5OS.HI/c1-4-16-14(17-8-11-6-5-7-13(11)21)18-9-12-10-22-15(19-12)20(2)3;/h10-11,13,21H,4-9H2,1-3H3,(H2,16,17,18);1H. The average Bonchev–Trinajstić information content (AvgIpc) is 3.11. The molecule has 0 spiro atoms. The van der Waals surface area contributed by atoms with Gasteiger partial charge in [0.15, 0.2) is 11.1 Å². The number of guanidine groups is 1. The van der Waals surface area contributed by atoms with E-state index in [2.05, 4.69) is 27.5 Å². The first-order chi connectivity index (χ1) is 10.6. The summed E-state index contributed by atoms with van der Waals surface area (Å²) in [7, 11) is 3.98. The third-order valence-electron chi connectivity index (χ3n) is 3.82. The van der Waals surface area contributed by atoms with Crippen LogP contribution in [0.3, 0.4) is 0 Å². The molecular weight excluding hydrogens is 425 g/mol. The summed E-state index contributed by atoms with van der Waals surface area (Å²) in [4.78, 5) is 11.1. The van der Waals surface area contributed by atoms with Gasteiger partial charge in [0.25, 0.3) is 0 Å².